The number of rotatable bonds is 0. The molecule has 0 amide bonds. The van der Waals surface area contributed by atoms with Crippen LogP contribution in [0.25, 0.3) is 0 Å². The van der Waals surface area contributed by atoms with Gasteiger partial charge in [-0.05, 0) is 19.1 Å². The first kappa shape index (κ1) is 11.0. The Morgan fingerprint density at radius 2 is 1.47 bits per heavy atom. The summed E-state index contributed by atoms with van der Waals surface area (Å²) >= 11 is 0. The Morgan fingerprint density at radius 1 is 0.824 bits per heavy atom. The van der Waals surface area contributed by atoms with Crippen LogP contribution in [-0.4, -0.2) is 0 Å². The number of hydrogen-bond donors (Lipinski definition) is 0. The van der Waals surface area contributed by atoms with E-state index >= 15 is 0 Å². The summed E-state index contributed by atoms with van der Waals surface area (Å²) in [5, 5.41) is -0.128. The van der Waals surface area contributed by atoms with Gasteiger partial charge < -0.3 is 8.83 Å². The lowest BCUT2D eigenvalue weighted by molar-refractivity contribution is 0.474. The summed E-state index contributed by atoms with van der Waals surface area (Å²) in [7, 11) is 0. The maximum Gasteiger partial charge on any atom is 0.346 e. The van der Waals surface area contributed by atoms with E-state index in [9.17, 15) is 19.2 Å². The van der Waals surface area contributed by atoms with Crippen LogP contribution in [0.15, 0.2) is 46.2 Å². The second-order valence-electron chi connectivity index (χ2n) is 3.37. The van der Waals surface area contributed by atoms with Crippen LogP contribution >= 0.6 is 0 Å². The fourth-order valence-corrected chi connectivity index (χ4v) is 1.34. The third kappa shape index (κ3) is 1.92. The maximum absolute atomic E-state index is 11.3. The molecule has 0 aliphatic carbocycles. The van der Waals surface area contributed by atoms with Crippen LogP contribution in [0.3, 0.4) is 0 Å². The normalized spacial score (nSPS) is 10.4. The van der Waals surface area contributed by atoms with E-state index in [4.69, 9.17) is 0 Å². The van der Waals surface area contributed by atoms with E-state index in [2.05, 4.69) is 8.83 Å². The van der Waals surface area contributed by atoms with Gasteiger partial charge in [0.05, 0.1) is 10.4 Å². The zero-order chi connectivity index (χ0) is 12.6. The molecule has 0 radical (unpaired) electrons. The maximum atomic E-state index is 11.3. The monoisotopic (exact) mass is 234 g/mol. The highest BCUT2D eigenvalue weighted by Gasteiger charge is 2.03. The first-order valence-corrected chi connectivity index (χ1v) is 4.62. The molecular weight excluding hydrogens is 228 g/mol. The Kier molecular flexibility index (Phi) is 2.47. The van der Waals surface area contributed by atoms with Crippen LogP contribution in [0.1, 0.15) is 5.56 Å². The summed E-state index contributed by atoms with van der Waals surface area (Å²) in [6, 6.07) is 3.14. The molecule has 86 valence electrons. The average molecular weight is 234 g/mol. The van der Waals surface area contributed by atoms with Crippen molar-refractivity contribution in [1.29, 1.82) is 0 Å². The lowest BCUT2D eigenvalue weighted by Gasteiger charge is -1.77. The van der Waals surface area contributed by atoms with Gasteiger partial charge in [0.1, 0.15) is 0 Å². The summed E-state index contributed by atoms with van der Waals surface area (Å²) in [6.45, 7) is 1.36. The van der Waals surface area contributed by atoms with E-state index in [1.807, 2.05) is 0 Å². The van der Waals surface area contributed by atoms with Crippen molar-refractivity contribution in [1.82, 2.24) is 0 Å². The molecule has 2 aliphatic rings. The first-order valence-electron chi connectivity index (χ1n) is 4.62. The molecule has 0 aromatic rings. The van der Waals surface area contributed by atoms with Crippen LogP contribution in [0.5, 0.6) is 0 Å². The van der Waals surface area contributed by atoms with E-state index in [-0.39, 0.29) is 16.0 Å². The molecule has 2 heterocycles. The molecule has 6 nitrogen and oxygen atoms in total. The molecule has 0 bridgehead atoms. The van der Waals surface area contributed by atoms with Crippen molar-refractivity contribution in [2.45, 2.75) is 6.92 Å². The molecule has 0 N–H and O–H groups in total. The van der Waals surface area contributed by atoms with Crippen molar-refractivity contribution in [3.63, 3.8) is 0 Å². The minimum Gasteiger partial charge on any atom is -0.386 e. The molecule has 6 heteroatoms. The van der Waals surface area contributed by atoms with Gasteiger partial charge in [-0.3, -0.25) is 0 Å². The second-order valence-corrected chi connectivity index (χ2v) is 3.37. The molecule has 0 saturated heterocycles. The molecule has 0 atom stereocenters. The predicted octanol–water partition coefficient (Wildman–Crippen LogP) is -0.653. The molecule has 0 spiro atoms. The highest BCUT2D eigenvalue weighted by Crippen LogP contribution is 1.88. The minimum atomic E-state index is -0.913. The largest absolute Gasteiger partial charge is 0.386 e. The van der Waals surface area contributed by atoms with E-state index in [0.29, 0.717) is 0 Å². The van der Waals surface area contributed by atoms with Gasteiger partial charge in [-0.2, -0.15) is 0 Å². The van der Waals surface area contributed by atoms with E-state index in [1.165, 1.54) is 6.92 Å². The van der Waals surface area contributed by atoms with Gasteiger partial charge in [0, 0.05) is 11.6 Å². The second kappa shape index (κ2) is 3.82. The van der Waals surface area contributed by atoms with Crippen LogP contribution in [-0.2, 0) is 0 Å². The Bertz CT molecular complexity index is 874. The summed E-state index contributed by atoms with van der Waals surface area (Å²) in [6.07, 6.45) is 0. The zero-order valence-electron chi connectivity index (χ0n) is 8.68. The van der Waals surface area contributed by atoms with Crippen molar-refractivity contribution in [3.05, 3.63) is 75.9 Å². The van der Waals surface area contributed by atoms with Gasteiger partial charge in [-0.15, -0.1) is 0 Å². The average Bonchev–Trinajstić information content (AvgIpc) is 2.52. The standard InChI is InChI=1S/C11H6O6/c1-5-4-7-6(10(14)17-11(7)15)2-3-8(12)16-9(5)13/h2-4H,1H3. The quantitative estimate of drug-likeness (QED) is 0.601. The van der Waals surface area contributed by atoms with Gasteiger partial charge in [0.15, 0.2) is 0 Å². The molecule has 0 saturated carbocycles. The highest BCUT2D eigenvalue weighted by atomic mass is 16.4. The van der Waals surface area contributed by atoms with Crippen LogP contribution in [0.4, 0.5) is 0 Å². The Morgan fingerprint density at radius 3 is 2.18 bits per heavy atom. The van der Waals surface area contributed by atoms with Crippen molar-refractivity contribution in [3.8, 4) is 0 Å². The minimum absolute atomic E-state index is 0.0289. The highest BCUT2D eigenvalue weighted by molar-refractivity contribution is 5.11. The molecule has 17 heavy (non-hydrogen) atoms. The van der Waals surface area contributed by atoms with Gasteiger partial charge >= 0.3 is 22.5 Å². The first-order chi connectivity index (χ1) is 7.99. The lowest BCUT2D eigenvalue weighted by Crippen LogP contribution is -2.07. The van der Waals surface area contributed by atoms with E-state index < -0.39 is 22.5 Å². The number of aryl methyl sites for hydroxylation is 1. The Labute approximate surface area is 92.4 Å². The molecular formula is C11H6O6. The topological polar surface area (TPSA) is 94.6 Å². The van der Waals surface area contributed by atoms with E-state index in [0.717, 1.165) is 18.2 Å². The third-order valence-electron chi connectivity index (χ3n) is 2.18. The molecule has 2 aliphatic heterocycles. The summed E-state index contributed by atoms with van der Waals surface area (Å²) in [5.41, 5.74) is -3.46. The fourth-order valence-electron chi connectivity index (χ4n) is 1.34. The molecule has 0 aromatic carbocycles. The summed E-state index contributed by atoms with van der Waals surface area (Å²) < 4.78 is 8.76. The van der Waals surface area contributed by atoms with Crippen molar-refractivity contribution in [2.24, 2.45) is 0 Å². The zero-order valence-corrected chi connectivity index (χ0v) is 8.68. The predicted molar refractivity (Wildman–Crippen MR) is 56.1 cm³/mol. The van der Waals surface area contributed by atoms with Crippen molar-refractivity contribution >= 4 is 0 Å². The third-order valence-corrected chi connectivity index (χ3v) is 2.18. The molecule has 0 unspecified atom stereocenters. The molecule has 2 rings (SSSR count). The molecule has 0 aromatic heterocycles. The Balaban J connectivity index is 3.30. The van der Waals surface area contributed by atoms with Gasteiger partial charge in [-0.1, -0.05) is 0 Å². The fraction of sp³-hybridized carbons (Fsp3) is 0.0909. The van der Waals surface area contributed by atoms with Crippen LogP contribution < -0.4 is 22.5 Å². The SMILES string of the molecule is Cc1cc2c(=O)oc(=O)c=2ccc(=O)oc1=O. The Hall–Kier alpha value is -2.50. The van der Waals surface area contributed by atoms with E-state index in [1.54, 1.807) is 0 Å². The van der Waals surface area contributed by atoms with Crippen LogP contribution in [0.2, 0.25) is 0 Å². The summed E-state index contributed by atoms with van der Waals surface area (Å²) in [4.78, 5) is 45.0. The van der Waals surface area contributed by atoms with Crippen molar-refractivity contribution < 1.29 is 8.83 Å². The lowest BCUT2D eigenvalue weighted by atomic mass is 10.3. The smallest absolute Gasteiger partial charge is 0.346 e. The number of hydrogen-bond acceptors (Lipinski definition) is 6. The van der Waals surface area contributed by atoms with Gasteiger partial charge in [0.25, 0.3) is 0 Å². The van der Waals surface area contributed by atoms with Crippen LogP contribution in [0, 0.1) is 17.4 Å². The summed E-state index contributed by atoms with van der Waals surface area (Å²) in [5.74, 6) is 0. The van der Waals surface area contributed by atoms with Crippen molar-refractivity contribution in [2.75, 3.05) is 0 Å². The molecule has 0 fully saturated rings. The van der Waals surface area contributed by atoms with Gasteiger partial charge in [0.2, 0.25) is 0 Å². The van der Waals surface area contributed by atoms with Gasteiger partial charge in [-0.25, -0.2) is 19.2 Å².